The molecule has 1 aliphatic carbocycles. The number of rotatable bonds is 10. The molecule has 8 nitrogen and oxygen atoms in total. The summed E-state index contributed by atoms with van der Waals surface area (Å²) in [5.41, 5.74) is 2.16. The second-order valence-corrected chi connectivity index (χ2v) is 11.4. The van der Waals surface area contributed by atoms with E-state index in [2.05, 4.69) is 5.32 Å². The van der Waals surface area contributed by atoms with E-state index in [-0.39, 0.29) is 18.5 Å². The van der Waals surface area contributed by atoms with Crippen LogP contribution in [0.4, 0.5) is 5.69 Å². The molecule has 1 unspecified atom stereocenters. The van der Waals surface area contributed by atoms with Crippen LogP contribution in [0.15, 0.2) is 48.5 Å². The van der Waals surface area contributed by atoms with E-state index in [0.717, 1.165) is 47.4 Å². The molecule has 196 valence electrons. The highest BCUT2D eigenvalue weighted by Gasteiger charge is 2.31. The summed E-state index contributed by atoms with van der Waals surface area (Å²) in [5.74, 6) is -0.0638. The maximum absolute atomic E-state index is 13.6. The minimum absolute atomic E-state index is 0.0996. The number of methoxy groups -OCH3 is 1. The van der Waals surface area contributed by atoms with Gasteiger partial charge in [-0.25, -0.2) is 8.42 Å². The monoisotopic (exact) mass is 515 g/mol. The Morgan fingerprint density at radius 3 is 2.36 bits per heavy atom. The highest BCUT2D eigenvalue weighted by molar-refractivity contribution is 7.92. The normalized spacial score (nSPS) is 15.1. The van der Waals surface area contributed by atoms with Gasteiger partial charge in [0.1, 0.15) is 18.3 Å². The second-order valence-electron chi connectivity index (χ2n) is 9.50. The summed E-state index contributed by atoms with van der Waals surface area (Å²) in [6.45, 7) is 3.32. The van der Waals surface area contributed by atoms with E-state index >= 15 is 0 Å². The Balaban J connectivity index is 1.87. The standard InChI is InChI=1S/C27H37N3O5S/c1-20-13-15-24(16-14-20)30(36(4,33)34)19-26(31)29(18-22-9-8-12-25(17-22)35-3)21(2)27(32)28-23-10-6-5-7-11-23/h8-9,12-17,21,23H,5-7,10-11,18-19H2,1-4H3,(H,28,32). The summed E-state index contributed by atoms with van der Waals surface area (Å²) in [4.78, 5) is 28.3. The fourth-order valence-electron chi connectivity index (χ4n) is 4.44. The van der Waals surface area contributed by atoms with Gasteiger partial charge in [0.15, 0.2) is 0 Å². The van der Waals surface area contributed by atoms with Crippen LogP contribution >= 0.6 is 0 Å². The predicted octanol–water partition coefficient (Wildman–Crippen LogP) is 3.64. The Morgan fingerprint density at radius 2 is 1.75 bits per heavy atom. The van der Waals surface area contributed by atoms with E-state index in [0.29, 0.717) is 11.4 Å². The first-order valence-corrected chi connectivity index (χ1v) is 14.2. The lowest BCUT2D eigenvalue weighted by Crippen LogP contribution is -2.52. The predicted molar refractivity (Wildman–Crippen MR) is 141 cm³/mol. The molecule has 1 saturated carbocycles. The molecule has 2 amide bonds. The van der Waals surface area contributed by atoms with Gasteiger partial charge >= 0.3 is 0 Å². The molecule has 1 N–H and O–H groups in total. The van der Waals surface area contributed by atoms with Crippen molar-refractivity contribution in [3.05, 3.63) is 59.7 Å². The van der Waals surface area contributed by atoms with Crippen LogP contribution in [0.25, 0.3) is 0 Å². The first-order chi connectivity index (χ1) is 17.1. The largest absolute Gasteiger partial charge is 0.497 e. The van der Waals surface area contributed by atoms with Crippen molar-refractivity contribution in [2.75, 3.05) is 24.2 Å². The van der Waals surface area contributed by atoms with Crippen LogP contribution in [0.1, 0.15) is 50.2 Å². The molecule has 0 aromatic heterocycles. The Kier molecular flexibility index (Phi) is 9.37. The van der Waals surface area contributed by atoms with E-state index in [9.17, 15) is 18.0 Å². The summed E-state index contributed by atoms with van der Waals surface area (Å²) in [6.07, 6.45) is 6.25. The zero-order valence-electron chi connectivity index (χ0n) is 21.6. The van der Waals surface area contributed by atoms with Crippen LogP contribution in [-0.2, 0) is 26.2 Å². The van der Waals surface area contributed by atoms with E-state index in [1.165, 1.54) is 11.3 Å². The van der Waals surface area contributed by atoms with Crippen molar-refractivity contribution in [2.24, 2.45) is 0 Å². The maximum Gasteiger partial charge on any atom is 0.244 e. The van der Waals surface area contributed by atoms with Crippen LogP contribution in [0, 0.1) is 6.92 Å². The summed E-state index contributed by atoms with van der Waals surface area (Å²) >= 11 is 0. The third-order valence-corrected chi connectivity index (χ3v) is 7.75. The molecule has 1 atom stereocenters. The molecular weight excluding hydrogens is 478 g/mol. The minimum Gasteiger partial charge on any atom is -0.497 e. The molecule has 36 heavy (non-hydrogen) atoms. The highest BCUT2D eigenvalue weighted by Crippen LogP contribution is 2.22. The number of hydrogen-bond donors (Lipinski definition) is 1. The molecule has 0 aliphatic heterocycles. The Labute approximate surface area is 214 Å². The van der Waals surface area contributed by atoms with Gasteiger partial charge in [0.25, 0.3) is 0 Å². The van der Waals surface area contributed by atoms with Gasteiger partial charge in [-0.15, -0.1) is 0 Å². The van der Waals surface area contributed by atoms with E-state index in [1.807, 2.05) is 19.1 Å². The van der Waals surface area contributed by atoms with Gasteiger partial charge in [-0.05, 0) is 56.5 Å². The van der Waals surface area contributed by atoms with Crippen LogP contribution in [-0.4, -0.2) is 57.1 Å². The molecule has 0 saturated heterocycles. The highest BCUT2D eigenvalue weighted by atomic mass is 32.2. The number of nitrogens with one attached hydrogen (secondary N) is 1. The van der Waals surface area contributed by atoms with Crippen molar-refractivity contribution in [1.82, 2.24) is 10.2 Å². The molecule has 9 heteroatoms. The maximum atomic E-state index is 13.6. The topological polar surface area (TPSA) is 96.0 Å². The number of carbonyl (C=O) groups is 2. The number of hydrogen-bond acceptors (Lipinski definition) is 5. The third kappa shape index (κ3) is 7.46. The number of ether oxygens (including phenoxy) is 1. The van der Waals surface area contributed by atoms with Gasteiger partial charge in [0.05, 0.1) is 19.1 Å². The fourth-order valence-corrected chi connectivity index (χ4v) is 5.29. The van der Waals surface area contributed by atoms with Gasteiger partial charge < -0.3 is 15.0 Å². The van der Waals surface area contributed by atoms with Gasteiger partial charge in [-0.3, -0.25) is 13.9 Å². The van der Waals surface area contributed by atoms with Crippen molar-refractivity contribution < 1.29 is 22.7 Å². The number of nitrogens with zero attached hydrogens (tertiary/aromatic N) is 2. The third-order valence-electron chi connectivity index (χ3n) is 6.61. The molecule has 0 radical (unpaired) electrons. The van der Waals surface area contributed by atoms with Crippen LogP contribution in [0.2, 0.25) is 0 Å². The smallest absolute Gasteiger partial charge is 0.244 e. The lowest BCUT2D eigenvalue weighted by atomic mass is 9.95. The van der Waals surface area contributed by atoms with Crippen molar-refractivity contribution in [3.63, 3.8) is 0 Å². The average molecular weight is 516 g/mol. The number of aryl methyl sites for hydroxylation is 1. The van der Waals surface area contributed by atoms with Gasteiger partial charge in [-0.1, -0.05) is 49.1 Å². The number of amides is 2. The quantitative estimate of drug-likeness (QED) is 0.521. The van der Waals surface area contributed by atoms with Crippen molar-refractivity contribution >= 4 is 27.5 Å². The Hall–Kier alpha value is -3.07. The first-order valence-electron chi connectivity index (χ1n) is 12.4. The molecule has 0 heterocycles. The van der Waals surface area contributed by atoms with Crippen molar-refractivity contribution in [1.29, 1.82) is 0 Å². The van der Waals surface area contributed by atoms with E-state index < -0.39 is 28.5 Å². The summed E-state index contributed by atoms with van der Waals surface area (Å²) < 4.78 is 31.7. The molecule has 0 spiro atoms. The number of benzene rings is 2. The van der Waals surface area contributed by atoms with Crippen LogP contribution in [0.5, 0.6) is 5.75 Å². The Morgan fingerprint density at radius 1 is 1.08 bits per heavy atom. The lowest BCUT2D eigenvalue weighted by Gasteiger charge is -2.33. The van der Waals surface area contributed by atoms with Gasteiger partial charge in [0.2, 0.25) is 21.8 Å². The van der Waals surface area contributed by atoms with E-state index in [4.69, 9.17) is 4.74 Å². The second kappa shape index (κ2) is 12.3. The number of anilines is 1. The lowest BCUT2D eigenvalue weighted by molar-refractivity contribution is -0.139. The average Bonchev–Trinajstić information content (AvgIpc) is 2.86. The van der Waals surface area contributed by atoms with Gasteiger partial charge in [-0.2, -0.15) is 0 Å². The molecule has 2 aromatic carbocycles. The van der Waals surface area contributed by atoms with Crippen LogP contribution in [0.3, 0.4) is 0 Å². The minimum atomic E-state index is -3.75. The fraction of sp³-hybridized carbons (Fsp3) is 0.481. The first kappa shape index (κ1) is 27.5. The van der Waals surface area contributed by atoms with Crippen molar-refractivity contribution in [3.8, 4) is 5.75 Å². The molecule has 2 aromatic rings. The summed E-state index contributed by atoms with van der Waals surface area (Å²) in [7, 11) is -2.18. The number of carbonyl (C=O) groups excluding carboxylic acids is 2. The van der Waals surface area contributed by atoms with E-state index in [1.54, 1.807) is 50.4 Å². The zero-order valence-corrected chi connectivity index (χ0v) is 22.4. The molecule has 0 bridgehead atoms. The van der Waals surface area contributed by atoms with Crippen LogP contribution < -0.4 is 14.4 Å². The van der Waals surface area contributed by atoms with Gasteiger partial charge in [0, 0.05) is 12.6 Å². The summed E-state index contributed by atoms with van der Waals surface area (Å²) in [6, 6.07) is 13.5. The SMILES string of the molecule is COc1cccc(CN(C(=O)CN(c2ccc(C)cc2)S(C)(=O)=O)C(C)C(=O)NC2CCCCC2)c1. The molecule has 1 fully saturated rings. The number of sulfonamides is 1. The molecular formula is C27H37N3O5S. The summed E-state index contributed by atoms with van der Waals surface area (Å²) in [5, 5.41) is 3.09. The molecule has 1 aliphatic rings. The Bertz CT molecular complexity index is 1140. The zero-order chi connectivity index (χ0) is 26.3. The molecule has 3 rings (SSSR count). The van der Waals surface area contributed by atoms with Crippen molar-refractivity contribution in [2.45, 2.75) is 64.6 Å².